The molecule has 0 amide bonds. The van der Waals surface area contributed by atoms with E-state index in [9.17, 15) is 4.79 Å². The number of H-pyrrole nitrogens is 1. The van der Waals surface area contributed by atoms with Crippen LogP contribution in [0.5, 0.6) is 5.75 Å². The van der Waals surface area contributed by atoms with Crippen LogP contribution >= 0.6 is 11.3 Å². The van der Waals surface area contributed by atoms with Crippen LogP contribution in [0.1, 0.15) is 11.1 Å². The summed E-state index contributed by atoms with van der Waals surface area (Å²) in [5.41, 5.74) is 6.18. The Morgan fingerprint density at radius 2 is 1.79 bits per heavy atom. The first-order valence-corrected chi connectivity index (χ1v) is 10.0. The summed E-state index contributed by atoms with van der Waals surface area (Å²) in [6, 6.07) is 11.6. The molecule has 5 aromatic rings. The van der Waals surface area contributed by atoms with Crippen LogP contribution in [0.2, 0.25) is 0 Å². The molecule has 0 fully saturated rings. The van der Waals surface area contributed by atoms with Crippen molar-refractivity contribution in [2.24, 2.45) is 0 Å². The standard InChI is InChI=1S/C22H18N4O2S/c1-12-10-16-17(11-13(12)2)24-21(27)19(23-16)20-18(25-22-26(20)8-9-29-22)14-4-6-15(28-3)7-5-14/h4-11H,1-3H3,(H,24,27). The Bertz CT molecular complexity index is 1430. The zero-order chi connectivity index (χ0) is 20.1. The second kappa shape index (κ2) is 6.56. The molecule has 0 bridgehead atoms. The number of hydrogen-bond donors (Lipinski definition) is 1. The van der Waals surface area contributed by atoms with Crippen LogP contribution in [-0.2, 0) is 0 Å². The lowest BCUT2D eigenvalue weighted by Crippen LogP contribution is -2.13. The summed E-state index contributed by atoms with van der Waals surface area (Å²) in [7, 11) is 1.63. The van der Waals surface area contributed by atoms with E-state index < -0.39 is 0 Å². The second-order valence-corrected chi connectivity index (χ2v) is 7.83. The van der Waals surface area contributed by atoms with Crippen LogP contribution in [0.15, 0.2) is 52.8 Å². The van der Waals surface area contributed by atoms with E-state index in [1.165, 1.54) is 11.3 Å². The Kier molecular flexibility index (Phi) is 3.99. The van der Waals surface area contributed by atoms with Crippen LogP contribution in [0.3, 0.4) is 0 Å². The number of fused-ring (bicyclic) bond motifs is 2. The van der Waals surface area contributed by atoms with Crippen molar-refractivity contribution in [3.63, 3.8) is 0 Å². The molecule has 0 unspecified atom stereocenters. The quantitative estimate of drug-likeness (QED) is 0.479. The number of thiazole rings is 1. The lowest BCUT2D eigenvalue weighted by molar-refractivity contribution is 0.415. The number of hydrogen-bond acceptors (Lipinski definition) is 5. The monoisotopic (exact) mass is 402 g/mol. The van der Waals surface area contributed by atoms with Gasteiger partial charge in [0.2, 0.25) is 0 Å². The molecule has 0 saturated carbocycles. The summed E-state index contributed by atoms with van der Waals surface area (Å²) < 4.78 is 7.19. The van der Waals surface area contributed by atoms with Gasteiger partial charge in [0.25, 0.3) is 5.56 Å². The van der Waals surface area contributed by atoms with E-state index in [4.69, 9.17) is 14.7 Å². The number of benzene rings is 2. The third kappa shape index (κ3) is 2.82. The highest BCUT2D eigenvalue weighted by atomic mass is 32.1. The van der Waals surface area contributed by atoms with Gasteiger partial charge in [0.05, 0.1) is 18.1 Å². The summed E-state index contributed by atoms with van der Waals surface area (Å²) in [4.78, 5) is 26.3. The summed E-state index contributed by atoms with van der Waals surface area (Å²) in [5, 5.41) is 1.95. The molecule has 1 N–H and O–H groups in total. The van der Waals surface area contributed by atoms with Crippen LogP contribution in [-0.4, -0.2) is 26.5 Å². The number of nitrogens with zero attached hydrogens (tertiary/aromatic N) is 3. The Labute approximate surface area is 170 Å². The normalized spacial score (nSPS) is 11.4. The Morgan fingerprint density at radius 1 is 1.03 bits per heavy atom. The molecular weight excluding hydrogens is 384 g/mol. The van der Waals surface area contributed by atoms with Gasteiger partial charge in [-0.3, -0.25) is 9.20 Å². The molecule has 7 heteroatoms. The number of ether oxygens (including phenoxy) is 1. The number of aryl methyl sites for hydroxylation is 2. The topological polar surface area (TPSA) is 72.3 Å². The lowest BCUT2D eigenvalue weighted by Gasteiger charge is -2.08. The third-order valence-electron chi connectivity index (χ3n) is 5.16. The fraction of sp³-hybridized carbons (Fsp3) is 0.136. The molecule has 5 rings (SSSR count). The minimum Gasteiger partial charge on any atom is -0.497 e. The molecule has 0 saturated heterocycles. The molecule has 0 spiro atoms. The molecule has 0 radical (unpaired) electrons. The minimum atomic E-state index is -0.233. The van der Waals surface area contributed by atoms with Gasteiger partial charge in [-0.2, -0.15) is 0 Å². The summed E-state index contributed by atoms with van der Waals surface area (Å²) >= 11 is 1.52. The van der Waals surface area contributed by atoms with E-state index in [0.717, 1.165) is 44.1 Å². The first-order chi connectivity index (χ1) is 14.0. The average molecular weight is 402 g/mol. The fourth-order valence-corrected chi connectivity index (χ4v) is 4.18. The van der Waals surface area contributed by atoms with Gasteiger partial charge in [-0.15, -0.1) is 11.3 Å². The van der Waals surface area contributed by atoms with Gasteiger partial charge >= 0.3 is 0 Å². The van der Waals surface area contributed by atoms with E-state index in [1.54, 1.807) is 7.11 Å². The van der Waals surface area contributed by atoms with Crippen LogP contribution in [0.25, 0.3) is 38.6 Å². The molecule has 144 valence electrons. The van der Waals surface area contributed by atoms with Crippen molar-refractivity contribution in [2.75, 3.05) is 7.11 Å². The van der Waals surface area contributed by atoms with E-state index in [2.05, 4.69) is 4.98 Å². The first kappa shape index (κ1) is 17.6. The Hall–Kier alpha value is -3.45. The number of methoxy groups -OCH3 is 1. The van der Waals surface area contributed by atoms with Gasteiger partial charge in [0.1, 0.15) is 17.1 Å². The Balaban J connectivity index is 1.80. The second-order valence-electron chi connectivity index (χ2n) is 6.96. The lowest BCUT2D eigenvalue weighted by atomic mass is 10.1. The minimum absolute atomic E-state index is 0.233. The highest BCUT2D eigenvalue weighted by Crippen LogP contribution is 2.33. The van der Waals surface area contributed by atoms with Crippen LogP contribution in [0.4, 0.5) is 0 Å². The average Bonchev–Trinajstić information content (AvgIpc) is 3.30. The maximum absolute atomic E-state index is 13.0. The van der Waals surface area contributed by atoms with Crippen LogP contribution < -0.4 is 10.3 Å². The van der Waals surface area contributed by atoms with E-state index in [-0.39, 0.29) is 5.56 Å². The van der Waals surface area contributed by atoms with Crippen molar-refractivity contribution < 1.29 is 4.74 Å². The molecule has 0 atom stereocenters. The van der Waals surface area contributed by atoms with Gasteiger partial charge in [-0.05, 0) is 61.4 Å². The van der Waals surface area contributed by atoms with Gasteiger partial charge in [-0.25, -0.2) is 9.97 Å². The highest BCUT2D eigenvalue weighted by Gasteiger charge is 2.21. The van der Waals surface area contributed by atoms with Crippen molar-refractivity contribution in [3.8, 4) is 28.4 Å². The maximum atomic E-state index is 13.0. The molecule has 2 aromatic carbocycles. The predicted octanol–water partition coefficient (Wildman–Crippen LogP) is 4.59. The van der Waals surface area contributed by atoms with Crippen molar-refractivity contribution in [1.82, 2.24) is 19.4 Å². The SMILES string of the molecule is COc1ccc(-c2nc3sccn3c2-c2nc3cc(C)c(C)cc3[nH]c2=O)cc1. The van der Waals surface area contributed by atoms with Crippen molar-refractivity contribution in [2.45, 2.75) is 13.8 Å². The number of rotatable bonds is 3. The summed E-state index contributed by atoms with van der Waals surface area (Å²) in [5.74, 6) is 0.767. The van der Waals surface area contributed by atoms with E-state index >= 15 is 0 Å². The zero-order valence-corrected chi connectivity index (χ0v) is 17.0. The number of imidazole rings is 1. The van der Waals surface area contributed by atoms with Gasteiger partial charge < -0.3 is 9.72 Å². The van der Waals surface area contributed by atoms with E-state index in [1.807, 2.05) is 66.2 Å². The van der Waals surface area contributed by atoms with Crippen LogP contribution in [0, 0.1) is 13.8 Å². The third-order valence-corrected chi connectivity index (χ3v) is 5.91. The fourth-order valence-electron chi connectivity index (χ4n) is 3.47. The summed E-state index contributed by atoms with van der Waals surface area (Å²) in [6.45, 7) is 4.06. The molecule has 3 aromatic heterocycles. The molecule has 0 aliphatic rings. The molecular formula is C22H18N4O2S. The predicted molar refractivity (Wildman–Crippen MR) is 116 cm³/mol. The Morgan fingerprint density at radius 3 is 2.55 bits per heavy atom. The number of aromatic nitrogens is 4. The number of nitrogens with one attached hydrogen (secondary N) is 1. The largest absolute Gasteiger partial charge is 0.497 e. The zero-order valence-electron chi connectivity index (χ0n) is 16.2. The van der Waals surface area contributed by atoms with Gasteiger partial charge in [0, 0.05) is 17.1 Å². The van der Waals surface area contributed by atoms with Gasteiger partial charge in [0.15, 0.2) is 10.7 Å². The van der Waals surface area contributed by atoms with Crippen molar-refractivity contribution >= 4 is 27.3 Å². The number of aromatic amines is 1. The van der Waals surface area contributed by atoms with Crippen molar-refractivity contribution in [3.05, 3.63) is 69.5 Å². The molecule has 6 nitrogen and oxygen atoms in total. The molecule has 29 heavy (non-hydrogen) atoms. The van der Waals surface area contributed by atoms with Gasteiger partial charge in [-0.1, -0.05) is 0 Å². The maximum Gasteiger partial charge on any atom is 0.276 e. The molecule has 0 aliphatic heterocycles. The van der Waals surface area contributed by atoms with E-state index in [0.29, 0.717) is 11.4 Å². The highest BCUT2D eigenvalue weighted by molar-refractivity contribution is 7.15. The first-order valence-electron chi connectivity index (χ1n) is 9.17. The smallest absolute Gasteiger partial charge is 0.276 e. The molecule has 3 heterocycles. The van der Waals surface area contributed by atoms with Crippen molar-refractivity contribution in [1.29, 1.82) is 0 Å². The molecule has 0 aliphatic carbocycles. The summed E-state index contributed by atoms with van der Waals surface area (Å²) in [6.07, 6.45) is 1.92.